The van der Waals surface area contributed by atoms with E-state index in [1.807, 2.05) is 18.2 Å². The second-order valence-electron chi connectivity index (χ2n) is 19.3. The number of hydrogen-bond acceptors (Lipinski definition) is 3. The summed E-state index contributed by atoms with van der Waals surface area (Å²) in [4.78, 5) is 16.1. The van der Waals surface area contributed by atoms with Gasteiger partial charge in [-0.2, -0.15) is 0 Å². The van der Waals surface area contributed by atoms with Crippen LogP contribution in [0.1, 0.15) is 44.5 Å². The van der Waals surface area contributed by atoms with E-state index in [0.717, 1.165) is 38.6 Å². The molecule has 0 N–H and O–H groups in total. The fourth-order valence-electron chi connectivity index (χ4n) is 13.0. The van der Waals surface area contributed by atoms with Crippen LogP contribution in [0.4, 0.5) is 0 Å². The van der Waals surface area contributed by atoms with Crippen LogP contribution in [-0.2, 0) is 10.8 Å². The molecule has 12 aromatic rings. The molecule has 0 saturated carbocycles. The Kier molecular flexibility index (Phi) is 8.79. The minimum absolute atomic E-state index is 0.568. The lowest BCUT2D eigenvalue weighted by Crippen LogP contribution is -2.43. The van der Waals surface area contributed by atoms with Gasteiger partial charge in [0.1, 0.15) is 0 Å². The van der Waals surface area contributed by atoms with Crippen molar-refractivity contribution in [3.63, 3.8) is 0 Å². The van der Waals surface area contributed by atoms with E-state index in [0.29, 0.717) is 17.5 Å². The average Bonchev–Trinajstić information content (AvgIpc) is 3.93. The lowest BCUT2D eigenvalue weighted by Gasteiger charge is -2.49. The van der Waals surface area contributed by atoms with Gasteiger partial charge < -0.3 is 0 Å². The summed E-state index contributed by atoms with van der Waals surface area (Å²) in [6.07, 6.45) is 0. The van der Waals surface area contributed by atoms with Crippen molar-refractivity contribution in [2.45, 2.75) is 10.8 Å². The van der Waals surface area contributed by atoms with E-state index in [9.17, 15) is 0 Å². The molecule has 0 atom stereocenters. The van der Waals surface area contributed by atoms with Crippen LogP contribution in [0.25, 0.3) is 89.4 Å². The van der Waals surface area contributed by atoms with E-state index >= 15 is 0 Å². The van der Waals surface area contributed by atoms with Gasteiger partial charge in [-0.1, -0.05) is 249 Å². The highest BCUT2D eigenvalue weighted by molar-refractivity contribution is 6.04. The van der Waals surface area contributed by atoms with Crippen LogP contribution in [-0.4, -0.2) is 15.0 Å². The van der Waals surface area contributed by atoms with Crippen molar-refractivity contribution in [1.82, 2.24) is 15.0 Å². The highest BCUT2D eigenvalue weighted by Gasteiger charge is 2.59. The normalized spacial score (nSPS) is 13.8. The first-order chi connectivity index (χ1) is 35.7. The Hall–Kier alpha value is -9.31. The first-order valence-corrected chi connectivity index (χ1v) is 24.9. The number of benzene rings is 11. The van der Waals surface area contributed by atoms with Crippen molar-refractivity contribution < 1.29 is 0 Å². The fourth-order valence-corrected chi connectivity index (χ4v) is 13.0. The lowest BCUT2D eigenvalue weighted by molar-refractivity contribution is 0.633. The van der Waals surface area contributed by atoms with Crippen LogP contribution in [0, 0.1) is 0 Å². The van der Waals surface area contributed by atoms with Crippen LogP contribution in [0.3, 0.4) is 0 Å². The summed E-state index contributed by atoms with van der Waals surface area (Å²) < 4.78 is 0. The SMILES string of the molecule is c1ccc(-c2nc(-c3ccccc3-c3ccc4c(c3)C3(c5ccccc5-c5ccccc53)c3ccccc3C43c4ccccc4-c4ccccc43)nc(-c3ccc(-c4ccccc4)c4ccccc34)n2)cc1. The monoisotopic (exact) mass is 913 g/mol. The molecule has 0 radical (unpaired) electrons. The van der Waals surface area contributed by atoms with Gasteiger partial charge >= 0.3 is 0 Å². The van der Waals surface area contributed by atoms with E-state index in [1.165, 1.54) is 77.9 Å². The van der Waals surface area contributed by atoms with Crippen molar-refractivity contribution in [2.75, 3.05) is 0 Å². The number of rotatable bonds is 5. The standard InChI is InChI=1S/C69H43N3/c1-3-21-44(22-4-1)48-40-41-56(50-27-9-8-26-49(48)50)67-71-65(45-23-5-2-6-24-45)70-66(72-67)55-32-10-7-25-47(55)46-39-42-63-64(43-46)69(59-35-17-13-30-53(59)54-31-14-18-36-60(54)69)62-38-20-19-37-61(62)68(63)57-33-15-11-28-51(57)52-29-12-16-34-58(52)68/h1-43H. The second-order valence-corrected chi connectivity index (χ2v) is 19.3. The highest BCUT2D eigenvalue weighted by Crippen LogP contribution is 2.67. The summed E-state index contributed by atoms with van der Waals surface area (Å²) in [5.41, 5.74) is 21.7. The Morgan fingerprint density at radius 1 is 0.194 bits per heavy atom. The number of fused-ring (bicyclic) bond motifs is 17. The zero-order valence-corrected chi connectivity index (χ0v) is 39.2. The number of aromatic nitrogens is 3. The van der Waals surface area contributed by atoms with Crippen molar-refractivity contribution in [3.8, 4) is 78.7 Å². The van der Waals surface area contributed by atoms with Crippen LogP contribution < -0.4 is 0 Å². The molecule has 3 heteroatoms. The molecule has 0 bridgehead atoms. The van der Waals surface area contributed by atoms with Crippen molar-refractivity contribution >= 4 is 10.8 Å². The van der Waals surface area contributed by atoms with Gasteiger partial charge in [-0.3, -0.25) is 0 Å². The first kappa shape index (κ1) is 40.6. The molecule has 2 spiro atoms. The third-order valence-electron chi connectivity index (χ3n) is 15.9. The molecule has 1 aromatic heterocycles. The molecule has 0 amide bonds. The zero-order chi connectivity index (χ0) is 47.4. The van der Waals surface area contributed by atoms with Gasteiger partial charge in [0.15, 0.2) is 17.5 Å². The maximum atomic E-state index is 5.47. The minimum atomic E-state index is -0.615. The highest BCUT2D eigenvalue weighted by atomic mass is 15.0. The molecule has 0 saturated heterocycles. The number of nitrogens with zero attached hydrogens (tertiary/aromatic N) is 3. The first-order valence-electron chi connectivity index (χ1n) is 24.9. The lowest BCUT2D eigenvalue weighted by atomic mass is 9.52. The van der Waals surface area contributed by atoms with Crippen molar-refractivity contribution in [1.29, 1.82) is 0 Å². The largest absolute Gasteiger partial charge is 0.208 e. The van der Waals surface area contributed by atoms with Gasteiger partial charge in [0, 0.05) is 16.7 Å². The number of hydrogen-bond donors (Lipinski definition) is 0. The predicted molar refractivity (Wildman–Crippen MR) is 293 cm³/mol. The van der Waals surface area contributed by atoms with E-state index < -0.39 is 10.8 Å². The van der Waals surface area contributed by atoms with E-state index in [-0.39, 0.29) is 0 Å². The van der Waals surface area contributed by atoms with Crippen LogP contribution in [0.5, 0.6) is 0 Å². The molecule has 3 aliphatic rings. The van der Waals surface area contributed by atoms with Crippen LogP contribution in [0.15, 0.2) is 261 Å². The summed E-state index contributed by atoms with van der Waals surface area (Å²) in [7, 11) is 0. The Balaban J connectivity index is 1.00. The molecule has 0 unspecified atom stereocenters. The van der Waals surface area contributed by atoms with Gasteiger partial charge in [0.2, 0.25) is 0 Å². The molecule has 11 aromatic carbocycles. The molecular formula is C69H43N3. The van der Waals surface area contributed by atoms with Gasteiger partial charge in [-0.15, -0.1) is 0 Å². The van der Waals surface area contributed by atoms with E-state index in [2.05, 4.69) is 243 Å². The van der Waals surface area contributed by atoms with Crippen molar-refractivity contribution in [3.05, 3.63) is 305 Å². The molecule has 3 aliphatic carbocycles. The topological polar surface area (TPSA) is 38.7 Å². The fraction of sp³-hybridized carbons (Fsp3) is 0.0290. The molecule has 3 nitrogen and oxygen atoms in total. The van der Waals surface area contributed by atoms with Crippen LogP contribution >= 0.6 is 0 Å². The van der Waals surface area contributed by atoms with Gasteiger partial charge in [0.25, 0.3) is 0 Å². The molecule has 15 rings (SSSR count). The smallest absolute Gasteiger partial charge is 0.164 e. The average molecular weight is 914 g/mol. The maximum absolute atomic E-state index is 5.47. The maximum Gasteiger partial charge on any atom is 0.164 e. The minimum Gasteiger partial charge on any atom is -0.208 e. The molecular weight excluding hydrogens is 871 g/mol. The quantitative estimate of drug-likeness (QED) is 0.173. The molecule has 1 heterocycles. The predicted octanol–water partition coefficient (Wildman–Crippen LogP) is 16.4. The Labute approximate surface area is 418 Å². The van der Waals surface area contributed by atoms with Crippen LogP contribution in [0.2, 0.25) is 0 Å². The van der Waals surface area contributed by atoms with Crippen molar-refractivity contribution in [2.24, 2.45) is 0 Å². The summed E-state index contributed by atoms with van der Waals surface area (Å²) in [5, 5.41) is 2.24. The summed E-state index contributed by atoms with van der Waals surface area (Å²) in [6.45, 7) is 0. The van der Waals surface area contributed by atoms with Gasteiger partial charge in [-0.25, -0.2) is 15.0 Å². The van der Waals surface area contributed by atoms with Gasteiger partial charge in [0.05, 0.1) is 10.8 Å². The molecule has 0 fully saturated rings. The Morgan fingerprint density at radius 2 is 0.556 bits per heavy atom. The zero-order valence-electron chi connectivity index (χ0n) is 39.2. The summed E-state index contributed by atoms with van der Waals surface area (Å²) in [5.74, 6) is 1.88. The molecule has 334 valence electrons. The molecule has 0 aliphatic heterocycles. The second kappa shape index (κ2) is 15.6. The summed E-state index contributed by atoms with van der Waals surface area (Å²) in [6, 6.07) is 95.6. The Bertz CT molecular complexity index is 4080. The van der Waals surface area contributed by atoms with Gasteiger partial charge in [-0.05, 0) is 112 Å². The third kappa shape index (κ3) is 5.53. The molecule has 72 heavy (non-hydrogen) atoms. The third-order valence-corrected chi connectivity index (χ3v) is 15.9. The Morgan fingerprint density at radius 3 is 1.10 bits per heavy atom. The van der Waals surface area contributed by atoms with E-state index in [1.54, 1.807) is 0 Å². The summed E-state index contributed by atoms with van der Waals surface area (Å²) >= 11 is 0. The van der Waals surface area contributed by atoms with E-state index in [4.69, 9.17) is 15.0 Å².